The van der Waals surface area contributed by atoms with Crippen LogP contribution in [0.3, 0.4) is 0 Å². The number of fused-ring (bicyclic) bond motifs is 1. The van der Waals surface area contributed by atoms with Crippen molar-refractivity contribution in [2.75, 3.05) is 13.1 Å². The highest BCUT2D eigenvalue weighted by Gasteiger charge is 2.37. The lowest BCUT2D eigenvalue weighted by Crippen LogP contribution is -2.28. The van der Waals surface area contributed by atoms with Crippen molar-refractivity contribution in [3.63, 3.8) is 0 Å². The molecule has 0 bridgehead atoms. The van der Waals surface area contributed by atoms with Gasteiger partial charge in [0.1, 0.15) is 0 Å². The first-order valence-corrected chi connectivity index (χ1v) is 8.21. The summed E-state index contributed by atoms with van der Waals surface area (Å²) < 4.78 is 26.7. The van der Waals surface area contributed by atoms with Gasteiger partial charge in [-0.25, -0.2) is 8.42 Å². The second-order valence-corrected chi connectivity index (χ2v) is 7.47. The number of benzene rings is 1. The van der Waals surface area contributed by atoms with Crippen LogP contribution in [-0.4, -0.2) is 31.6 Å². The Kier molecular flexibility index (Phi) is 3.26. The zero-order valence-corrected chi connectivity index (χ0v) is 12.2. The molecule has 1 aromatic rings. The summed E-state index contributed by atoms with van der Waals surface area (Å²) in [6.45, 7) is 2.78. The number of nitrogens with zero attached hydrogens (tertiary/aromatic N) is 1. The molecule has 3 rings (SSSR count). The van der Waals surface area contributed by atoms with Crippen LogP contribution in [0.2, 0.25) is 0 Å². The summed E-state index contributed by atoms with van der Waals surface area (Å²) in [4.78, 5) is 11.8. The summed E-state index contributed by atoms with van der Waals surface area (Å²) in [5.74, 6) is 0.332. The van der Waals surface area contributed by atoms with E-state index in [0.29, 0.717) is 24.4 Å². The van der Waals surface area contributed by atoms with Gasteiger partial charge in [-0.15, -0.1) is 0 Å². The van der Waals surface area contributed by atoms with Crippen molar-refractivity contribution in [3.8, 4) is 0 Å². The van der Waals surface area contributed by atoms with E-state index in [9.17, 15) is 13.2 Å². The Hall–Kier alpha value is -1.46. The summed E-state index contributed by atoms with van der Waals surface area (Å²) in [7, 11) is -3.45. The third-order valence-electron chi connectivity index (χ3n) is 4.05. The molecule has 1 aliphatic carbocycles. The number of sulfonamides is 1. The predicted molar refractivity (Wildman–Crippen MR) is 75.8 cm³/mol. The summed E-state index contributed by atoms with van der Waals surface area (Å²) in [5.41, 5.74) is 2.00. The van der Waals surface area contributed by atoms with Crippen molar-refractivity contribution in [2.24, 2.45) is 5.92 Å². The van der Waals surface area contributed by atoms with Crippen LogP contribution in [0.15, 0.2) is 40.8 Å². The van der Waals surface area contributed by atoms with Gasteiger partial charge in [0.15, 0.2) is 5.78 Å². The second-order valence-electron chi connectivity index (χ2n) is 5.53. The molecule has 0 aromatic heterocycles. The minimum absolute atomic E-state index is 0.117. The van der Waals surface area contributed by atoms with Gasteiger partial charge in [-0.1, -0.05) is 17.7 Å². The lowest BCUT2D eigenvalue weighted by atomic mass is 9.90. The molecular weight excluding hydrogens is 274 g/mol. The van der Waals surface area contributed by atoms with Crippen molar-refractivity contribution in [3.05, 3.63) is 41.5 Å². The Bertz CT molecular complexity index is 674. The highest BCUT2D eigenvalue weighted by atomic mass is 32.2. The Morgan fingerprint density at radius 3 is 2.60 bits per heavy atom. The fourth-order valence-corrected chi connectivity index (χ4v) is 4.31. The number of rotatable bonds is 2. The largest absolute Gasteiger partial charge is 0.295 e. The first-order chi connectivity index (χ1) is 9.46. The molecule has 1 fully saturated rings. The van der Waals surface area contributed by atoms with Crippen molar-refractivity contribution in [2.45, 2.75) is 24.7 Å². The number of ketones is 1. The molecule has 1 aliphatic heterocycles. The number of aryl methyl sites for hydroxylation is 1. The summed E-state index contributed by atoms with van der Waals surface area (Å²) in [6.07, 6.45) is 2.94. The number of carbonyl (C=O) groups is 1. The van der Waals surface area contributed by atoms with Gasteiger partial charge in [-0.2, -0.15) is 4.31 Å². The van der Waals surface area contributed by atoms with Crippen molar-refractivity contribution in [1.29, 1.82) is 0 Å². The third-order valence-corrected chi connectivity index (χ3v) is 5.88. The van der Waals surface area contributed by atoms with E-state index >= 15 is 0 Å². The van der Waals surface area contributed by atoms with E-state index in [1.165, 1.54) is 4.31 Å². The third kappa shape index (κ3) is 2.31. The van der Waals surface area contributed by atoms with E-state index in [1.807, 2.05) is 6.92 Å². The van der Waals surface area contributed by atoms with Crippen LogP contribution in [0.4, 0.5) is 0 Å². The molecule has 1 heterocycles. The fourth-order valence-electron chi connectivity index (χ4n) is 2.84. The molecule has 106 valence electrons. The first kappa shape index (κ1) is 13.5. The van der Waals surface area contributed by atoms with E-state index in [2.05, 4.69) is 0 Å². The average molecular weight is 291 g/mol. The molecule has 20 heavy (non-hydrogen) atoms. The highest BCUT2D eigenvalue weighted by Crippen LogP contribution is 2.33. The molecule has 1 atom stereocenters. The molecule has 0 amide bonds. The van der Waals surface area contributed by atoms with Crippen LogP contribution >= 0.6 is 0 Å². The number of carbonyl (C=O) groups excluding carboxylic acids is 1. The Labute approximate surface area is 119 Å². The average Bonchev–Trinajstić information content (AvgIpc) is 2.83. The van der Waals surface area contributed by atoms with Gasteiger partial charge in [0, 0.05) is 19.5 Å². The van der Waals surface area contributed by atoms with Crippen LogP contribution < -0.4 is 0 Å². The second kappa shape index (κ2) is 4.82. The van der Waals surface area contributed by atoms with Crippen LogP contribution in [0.1, 0.15) is 18.4 Å². The summed E-state index contributed by atoms with van der Waals surface area (Å²) in [6, 6.07) is 6.90. The van der Waals surface area contributed by atoms with Crippen LogP contribution in [0.25, 0.3) is 0 Å². The molecule has 1 saturated heterocycles. The number of hydrogen-bond acceptors (Lipinski definition) is 3. The topological polar surface area (TPSA) is 54.5 Å². The van der Waals surface area contributed by atoms with Crippen molar-refractivity contribution < 1.29 is 13.2 Å². The van der Waals surface area contributed by atoms with E-state index in [-0.39, 0.29) is 11.7 Å². The molecule has 5 heteroatoms. The molecule has 1 aromatic carbocycles. The van der Waals surface area contributed by atoms with E-state index in [1.54, 1.807) is 30.3 Å². The van der Waals surface area contributed by atoms with Gasteiger partial charge < -0.3 is 0 Å². The maximum Gasteiger partial charge on any atom is 0.243 e. The van der Waals surface area contributed by atoms with Crippen LogP contribution in [0.5, 0.6) is 0 Å². The molecule has 1 unspecified atom stereocenters. The van der Waals surface area contributed by atoms with Gasteiger partial charge in [-0.3, -0.25) is 4.79 Å². The smallest absolute Gasteiger partial charge is 0.243 e. The molecule has 0 spiro atoms. The maximum absolute atomic E-state index is 12.6. The highest BCUT2D eigenvalue weighted by molar-refractivity contribution is 7.89. The monoisotopic (exact) mass is 291 g/mol. The number of allylic oxidation sites excluding steroid dienone is 1. The van der Waals surface area contributed by atoms with E-state index < -0.39 is 10.0 Å². The Morgan fingerprint density at radius 1 is 1.20 bits per heavy atom. The fraction of sp³-hybridized carbons (Fsp3) is 0.400. The normalized spacial score (nSPS) is 23.6. The molecule has 0 saturated carbocycles. The molecule has 0 radical (unpaired) electrons. The molecule has 0 N–H and O–H groups in total. The Morgan fingerprint density at radius 2 is 1.90 bits per heavy atom. The quantitative estimate of drug-likeness (QED) is 0.836. The van der Waals surface area contributed by atoms with E-state index in [0.717, 1.165) is 17.6 Å². The summed E-state index contributed by atoms with van der Waals surface area (Å²) in [5, 5.41) is 0. The SMILES string of the molecule is Cc1ccc(S(=O)(=O)N2CC3=CC(=O)CCC3C2)cc1. The minimum atomic E-state index is -3.45. The molecule has 4 nitrogen and oxygen atoms in total. The van der Waals surface area contributed by atoms with Gasteiger partial charge in [0.05, 0.1) is 4.90 Å². The van der Waals surface area contributed by atoms with Gasteiger partial charge in [-0.05, 0) is 43.0 Å². The predicted octanol–water partition coefficient (Wildman–Crippen LogP) is 1.90. The van der Waals surface area contributed by atoms with Gasteiger partial charge in [0.25, 0.3) is 0 Å². The minimum Gasteiger partial charge on any atom is -0.295 e. The maximum atomic E-state index is 12.6. The standard InChI is InChI=1S/C15H17NO3S/c1-11-2-6-15(7-3-11)20(18,19)16-9-12-4-5-14(17)8-13(12)10-16/h2-3,6-8,12H,4-5,9-10H2,1H3. The Balaban J connectivity index is 1.89. The number of hydrogen-bond donors (Lipinski definition) is 0. The van der Waals surface area contributed by atoms with Crippen LogP contribution in [0, 0.1) is 12.8 Å². The zero-order chi connectivity index (χ0) is 14.3. The van der Waals surface area contributed by atoms with Crippen molar-refractivity contribution in [1.82, 2.24) is 4.31 Å². The lowest BCUT2D eigenvalue weighted by molar-refractivity contribution is -0.115. The zero-order valence-electron chi connectivity index (χ0n) is 11.4. The molecule has 2 aliphatic rings. The molecular formula is C15H17NO3S. The van der Waals surface area contributed by atoms with Gasteiger partial charge in [0.2, 0.25) is 10.0 Å². The van der Waals surface area contributed by atoms with Crippen LogP contribution in [-0.2, 0) is 14.8 Å². The van der Waals surface area contributed by atoms with E-state index in [4.69, 9.17) is 0 Å². The van der Waals surface area contributed by atoms with Gasteiger partial charge >= 0.3 is 0 Å². The first-order valence-electron chi connectivity index (χ1n) is 6.77. The lowest BCUT2D eigenvalue weighted by Gasteiger charge is -2.16. The van der Waals surface area contributed by atoms with Crippen molar-refractivity contribution >= 4 is 15.8 Å². The summed E-state index contributed by atoms with van der Waals surface area (Å²) >= 11 is 0.